The zero-order chi connectivity index (χ0) is 6.57. The third-order valence-electron chi connectivity index (χ3n) is 0.513. The van der Waals surface area contributed by atoms with E-state index >= 15 is 0 Å². The van der Waals surface area contributed by atoms with Crippen LogP contribution in [0.15, 0.2) is 0 Å². The molecule has 0 aromatic rings. The summed E-state index contributed by atoms with van der Waals surface area (Å²) in [4.78, 5) is 0. The second kappa shape index (κ2) is 4.07. The molecule has 0 amide bonds. The molecule has 0 aliphatic carbocycles. The summed E-state index contributed by atoms with van der Waals surface area (Å²) in [6.07, 6.45) is 0. The topological polar surface area (TPSA) is 43.4 Å². The van der Waals surface area contributed by atoms with Crippen LogP contribution in [0.5, 0.6) is 0 Å². The number of rotatable bonds is 3. The monoisotopic (exact) mass is 156 g/mol. The van der Waals surface area contributed by atoms with Crippen molar-refractivity contribution in [3.63, 3.8) is 0 Å². The molecule has 0 bridgehead atoms. The van der Waals surface area contributed by atoms with Crippen LogP contribution < -0.4 is 0 Å². The Bertz CT molecular complexity index is 108. The predicted molar refractivity (Wildman–Crippen MR) is 22.2 cm³/mol. The van der Waals surface area contributed by atoms with Crippen molar-refractivity contribution in [3.8, 4) is 0 Å². The first kappa shape index (κ1) is 8.14. The summed E-state index contributed by atoms with van der Waals surface area (Å²) in [6.45, 7) is 4.13. The van der Waals surface area contributed by atoms with Crippen molar-refractivity contribution in [3.05, 3.63) is 0 Å². The fraction of sp³-hybridized carbons (Fsp3) is 1.00. The van der Waals surface area contributed by atoms with E-state index in [1.807, 2.05) is 13.8 Å². The molecule has 0 atom stereocenters. The molecule has 0 spiro atoms. The van der Waals surface area contributed by atoms with E-state index < -0.39 is 15.4 Å². The van der Waals surface area contributed by atoms with Crippen molar-refractivity contribution in [2.45, 2.75) is 13.8 Å². The van der Waals surface area contributed by atoms with Crippen LogP contribution in [-0.2, 0) is 26.4 Å². The minimum absolute atomic E-state index is 0.301. The van der Waals surface area contributed by atoms with Crippen molar-refractivity contribution in [2.75, 3.05) is 6.61 Å². The SMILES string of the molecule is CC(C)C[O][V](=[O])=[O]. The zero-order valence-corrected chi connectivity index (χ0v) is 6.35. The van der Waals surface area contributed by atoms with Crippen molar-refractivity contribution in [1.29, 1.82) is 0 Å². The quantitative estimate of drug-likeness (QED) is 0.609. The molecule has 3 nitrogen and oxygen atoms in total. The van der Waals surface area contributed by atoms with E-state index in [4.69, 9.17) is 0 Å². The molecule has 8 heavy (non-hydrogen) atoms. The first-order chi connectivity index (χ1) is 3.63. The van der Waals surface area contributed by atoms with Gasteiger partial charge in [0.25, 0.3) is 0 Å². The van der Waals surface area contributed by atoms with Crippen LogP contribution in [0.3, 0.4) is 0 Å². The Balaban J connectivity index is 3.18. The molecule has 4 heteroatoms. The Morgan fingerprint density at radius 3 is 2.12 bits per heavy atom. The molecule has 0 N–H and O–H groups in total. The van der Waals surface area contributed by atoms with E-state index in [-0.39, 0.29) is 0 Å². The van der Waals surface area contributed by atoms with E-state index in [0.29, 0.717) is 12.5 Å². The fourth-order valence-corrected chi connectivity index (χ4v) is 0.866. The second-order valence-corrected chi connectivity index (χ2v) is 3.01. The zero-order valence-electron chi connectivity index (χ0n) is 4.96. The van der Waals surface area contributed by atoms with Gasteiger partial charge in [0, 0.05) is 0 Å². The molecular formula is C4H9O3V. The van der Waals surface area contributed by atoms with E-state index in [0.717, 1.165) is 0 Å². The first-order valence-electron chi connectivity index (χ1n) is 2.40. The second-order valence-electron chi connectivity index (χ2n) is 1.91. The molecule has 0 radical (unpaired) electrons. The van der Waals surface area contributed by atoms with Crippen LogP contribution in [0.2, 0.25) is 0 Å². The Morgan fingerprint density at radius 2 is 2.00 bits per heavy atom. The van der Waals surface area contributed by atoms with Gasteiger partial charge in [-0.05, 0) is 0 Å². The molecule has 0 aliphatic heterocycles. The van der Waals surface area contributed by atoms with Crippen LogP contribution in [0.1, 0.15) is 13.8 Å². The van der Waals surface area contributed by atoms with Crippen LogP contribution >= 0.6 is 0 Å². The Kier molecular flexibility index (Phi) is 4.14. The molecule has 0 unspecified atom stereocenters. The number of hydrogen-bond acceptors (Lipinski definition) is 3. The summed E-state index contributed by atoms with van der Waals surface area (Å²) in [5.74, 6) is 0.301. The summed E-state index contributed by atoms with van der Waals surface area (Å²) in [5, 5.41) is 0. The van der Waals surface area contributed by atoms with Gasteiger partial charge in [-0.3, -0.25) is 0 Å². The van der Waals surface area contributed by atoms with Gasteiger partial charge in [0.05, 0.1) is 0 Å². The van der Waals surface area contributed by atoms with Crippen molar-refractivity contribution < 1.29 is 26.4 Å². The van der Waals surface area contributed by atoms with Crippen LogP contribution in [0, 0.1) is 5.92 Å². The Morgan fingerprint density at radius 1 is 1.50 bits per heavy atom. The van der Waals surface area contributed by atoms with Gasteiger partial charge in [-0.15, -0.1) is 0 Å². The minimum atomic E-state index is -3.28. The third-order valence-corrected chi connectivity index (χ3v) is 1.08. The van der Waals surface area contributed by atoms with Gasteiger partial charge in [-0.2, -0.15) is 0 Å². The molecule has 48 valence electrons. The maximum atomic E-state index is 9.80. The normalized spacial score (nSPS) is 9.88. The van der Waals surface area contributed by atoms with Crippen molar-refractivity contribution >= 4 is 0 Å². The standard InChI is InChI=1S/C4H9O.2O.V/c1-4(2)3-5;;;/h4H,3H2,1-2H3;;;/q-1;;;+1. The molecule has 0 aliphatic rings. The summed E-state index contributed by atoms with van der Waals surface area (Å²) in [5.41, 5.74) is 0. The Hall–Kier alpha value is 0.144. The average molecular weight is 156 g/mol. The van der Waals surface area contributed by atoms with Crippen molar-refractivity contribution in [2.24, 2.45) is 5.92 Å². The first-order valence-corrected chi connectivity index (χ1v) is 4.11. The average Bonchev–Trinajstić information content (AvgIpc) is 1.61. The van der Waals surface area contributed by atoms with Gasteiger partial charge < -0.3 is 0 Å². The summed E-state index contributed by atoms with van der Waals surface area (Å²) in [6, 6.07) is 0. The Labute approximate surface area is 53.4 Å². The molecule has 0 aromatic carbocycles. The van der Waals surface area contributed by atoms with Crippen LogP contribution in [0.25, 0.3) is 0 Å². The predicted octanol–water partition coefficient (Wildman–Crippen LogP) is 0.883. The van der Waals surface area contributed by atoms with Gasteiger partial charge >= 0.3 is 52.8 Å². The molecule has 0 fully saturated rings. The van der Waals surface area contributed by atoms with E-state index in [2.05, 4.69) is 3.66 Å². The molecule has 0 aromatic heterocycles. The van der Waals surface area contributed by atoms with Gasteiger partial charge in [0.15, 0.2) is 0 Å². The molecule has 0 rings (SSSR count). The molecular weight excluding hydrogens is 147 g/mol. The maximum absolute atomic E-state index is 9.80. The van der Waals surface area contributed by atoms with E-state index in [1.54, 1.807) is 0 Å². The molecule has 0 heterocycles. The van der Waals surface area contributed by atoms with Gasteiger partial charge in [0.1, 0.15) is 0 Å². The van der Waals surface area contributed by atoms with Gasteiger partial charge in [0.2, 0.25) is 0 Å². The fourth-order valence-electron chi connectivity index (χ4n) is 0.210. The third kappa shape index (κ3) is 6.14. The summed E-state index contributed by atoms with van der Waals surface area (Å²) < 4.78 is 23.9. The molecule has 0 saturated carbocycles. The van der Waals surface area contributed by atoms with Gasteiger partial charge in [-0.1, -0.05) is 0 Å². The van der Waals surface area contributed by atoms with Crippen LogP contribution in [0.4, 0.5) is 0 Å². The van der Waals surface area contributed by atoms with Crippen molar-refractivity contribution in [1.82, 2.24) is 0 Å². The van der Waals surface area contributed by atoms with E-state index in [1.165, 1.54) is 0 Å². The summed E-state index contributed by atoms with van der Waals surface area (Å²) in [7, 11) is 0. The summed E-state index contributed by atoms with van der Waals surface area (Å²) >= 11 is -3.28. The molecule has 0 saturated heterocycles. The van der Waals surface area contributed by atoms with Gasteiger partial charge in [-0.25, -0.2) is 0 Å². The number of hydrogen-bond donors (Lipinski definition) is 0. The van der Waals surface area contributed by atoms with E-state index in [9.17, 15) is 7.35 Å². The van der Waals surface area contributed by atoms with Crippen LogP contribution in [-0.4, -0.2) is 6.61 Å².